The molecule has 108 valence electrons. The first-order valence-electron chi connectivity index (χ1n) is 7.26. The minimum atomic E-state index is 0.301. The molecule has 0 atom stereocenters. The van der Waals surface area contributed by atoms with E-state index in [1.807, 2.05) is 18.2 Å². The SMILES string of the molecule is C#CCOc1ccccc1CNCc1ccccc1CC. The van der Waals surface area contributed by atoms with E-state index >= 15 is 0 Å². The van der Waals surface area contributed by atoms with E-state index in [1.165, 1.54) is 11.1 Å². The van der Waals surface area contributed by atoms with Crippen molar-refractivity contribution < 1.29 is 4.74 Å². The van der Waals surface area contributed by atoms with Crippen LogP contribution in [0.4, 0.5) is 0 Å². The zero-order valence-corrected chi connectivity index (χ0v) is 12.4. The maximum atomic E-state index is 5.56. The van der Waals surface area contributed by atoms with Crippen LogP contribution in [0.5, 0.6) is 5.75 Å². The second-order valence-corrected chi connectivity index (χ2v) is 4.83. The molecule has 0 unspecified atom stereocenters. The molecule has 1 N–H and O–H groups in total. The van der Waals surface area contributed by atoms with Gasteiger partial charge >= 0.3 is 0 Å². The number of rotatable bonds is 7. The fraction of sp³-hybridized carbons (Fsp3) is 0.263. The average Bonchev–Trinajstić information content (AvgIpc) is 2.54. The van der Waals surface area contributed by atoms with Crippen molar-refractivity contribution >= 4 is 0 Å². The third-order valence-electron chi connectivity index (χ3n) is 3.41. The summed E-state index contributed by atoms with van der Waals surface area (Å²) in [5, 5.41) is 3.48. The Hall–Kier alpha value is -2.24. The molecular weight excluding hydrogens is 258 g/mol. The van der Waals surface area contributed by atoms with Crippen molar-refractivity contribution in [3.8, 4) is 18.1 Å². The van der Waals surface area contributed by atoms with Gasteiger partial charge in [-0.2, -0.15) is 0 Å². The Balaban J connectivity index is 1.96. The summed E-state index contributed by atoms with van der Waals surface area (Å²) in [7, 11) is 0. The molecule has 0 spiro atoms. The van der Waals surface area contributed by atoms with Crippen LogP contribution in [-0.4, -0.2) is 6.61 Å². The van der Waals surface area contributed by atoms with Crippen LogP contribution in [0.1, 0.15) is 23.6 Å². The smallest absolute Gasteiger partial charge is 0.148 e. The maximum absolute atomic E-state index is 5.56. The Morgan fingerprint density at radius 2 is 1.57 bits per heavy atom. The second kappa shape index (κ2) is 8.14. The van der Waals surface area contributed by atoms with E-state index in [-0.39, 0.29) is 0 Å². The highest BCUT2D eigenvalue weighted by atomic mass is 16.5. The lowest BCUT2D eigenvalue weighted by atomic mass is 10.1. The van der Waals surface area contributed by atoms with E-state index in [4.69, 9.17) is 11.2 Å². The maximum Gasteiger partial charge on any atom is 0.148 e. The first-order chi connectivity index (χ1) is 10.3. The zero-order valence-electron chi connectivity index (χ0n) is 12.4. The van der Waals surface area contributed by atoms with E-state index in [9.17, 15) is 0 Å². The Morgan fingerprint density at radius 3 is 2.29 bits per heavy atom. The van der Waals surface area contributed by atoms with Crippen LogP contribution in [0.25, 0.3) is 0 Å². The van der Waals surface area contributed by atoms with E-state index < -0.39 is 0 Å². The van der Waals surface area contributed by atoms with Crippen LogP contribution < -0.4 is 10.1 Å². The molecule has 2 heteroatoms. The Bertz CT molecular complexity index is 613. The van der Waals surface area contributed by atoms with Crippen LogP contribution in [0.3, 0.4) is 0 Å². The molecule has 21 heavy (non-hydrogen) atoms. The predicted octanol–water partition coefficient (Wildman–Crippen LogP) is 3.55. The van der Waals surface area contributed by atoms with E-state index in [1.54, 1.807) is 0 Å². The second-order valence-electron chi connectivity index (χ2n) is 4.83. The summed E-state index contributed by atoms with van der Waals surface area (Å²) in [4.78, 5) is 0. The van der Waals surface area contributed by atoms with Gasteiger partial charge in [-0.05, 0) is 23.6 Å². The van der Waals surface area contributed by atoms with Gasteiger partial charge in [0.05, 0.1) is 0 Å². The van der Waals surface area contributed by atoms with Gasteiger partial charge in [0.2, 0.25) is 0 Å². The van der Waals surface area contributed by atoms with Crippen molar-refractivity contribution in [2.24, 2.45) is 0 Å². The van der Waals surface area contributed by atoms with E-state index in [0.29, 0.717) is 6.61 Å². The number of hydrogen-bond donors (Lipinski definition) is 1. The highest BCUT2D eigenvalue weighted by molar-refractivity contribution is 5.34. The quantitative estimate of drug-likeness (QED) is 0.783. The van der Waals surface area contributed by atoms with Gasteiger partial charge in [0.25, 0.3) is 0 Å². The molecule has 0 radical (unpaired) electrons. The zero-order chi connectivity index (χ0) is 14.9. The molecule has 2 nitrogen and oxygen atoms in total. The van der Waals surface area contributed by atoms with Crippen LogP contribution >= 0.6 is 0 Å². The topological polar surface area (TPSA) is 21.3 Å². The molecule has 0 bridgehead atoms. The Kier molecular flexibility index (Phi) is 5.87. The molecular formula is C19H21NO. The van der Waals surface area contributed by atoms with Gasteiger partial charge in [-0.25, -0.2) is 0 Å². The number of benzene rings is 2. The average molecular weight is 279 g/mol. The number of terminal acetylenes is 1. The predicted molar refractivity (Wildman–Crippen MR) is 87.1 cm³/mol. The molecule has 0 aromatic heterocycles. The molecule has 0 saturated heterocycles. The van der Waals surface area contributed by atoms with Gasteiger partial charge in [0.15, 0.2) is 0 Å². The van der Waals surface area contributed by atoms with Gasteiger partial charge in [-0.1, -0.05) is 55.3 Å². The molecule has 0 heterocycles. The molecule has 2 aromatic rings. The molecule has 0 aliphatic carbocycles. The monoisotopic (exact) mass is 279 g/mol. The molecule has 0 amide bonds. The fourth-order valence-corrected chi connectivity index (χ4v) is 2.32. The lowest BCUT2D eigenvalue weighted by molar-refractivity contribution is 0.364. The normalized spacial score (nSPS) is 10.1. The minimum absolute atomic E-state index is 0.301. The largest absolute Gasteiger partial charge is 0.481 e. The van der Waals surface area contributed by atoms with Crippen molar-refractivity contribution in [3.05, 3.63) is 65.2 Å². The number of ether oxygens (including phenoxy) is 1. The first kappa shape index (κ1) is 15.2. The number of aryl methyl sites for hydroxylation is 1. The Morgan fingerprint density at radius 1 is 0.952 bits per heavy atom. The van der Waals surface area contributed by atoms with Crippen LogP contribution in [0, 0.1) is 12.3 Å². The van der Waals surface area contributed by atoms with Gasteiger partial charge in [0.1, 0.15) is 12.4 Å². The standard InChI is InChI=1S/C19H21NO/c1-3-13-21-19-12-8-7-11-18(19)15-20-14-17-10-6-5-9-16(17)4-2/h1,5-12,20H,4,13-15H2,2H3. The van der Waals surface area contributed by atoms with Crippen molar-refractivity contribution in [3.63, 3.8) is 0 Å². The van der Waals surface area contributed by atoms with Gasteiger partial charge in [-0.15, -0.1) is 6.42 Å². The van der Waals surface area contributed by atoms with Crippen molar-refractivity contribution in [2.45, 2.75) is 26.4 Å². The molecule has 2 aromatic carbocycles. The highest BCUT2D eigenvalue weighted by Gasteiger charge is 2.03. The summed E-state index contributed by atoms with van der Waals surface area (Å²) in [5.41, 5.74) is 3.87. The van der Waals surface area contributed by atoms with Gasteiger partial charge in [0, 0.05) is 18.7 Å². The summed E-state index contributed by atoms with van der Waals surface area (Å²) in [6.45, 7) is 4.10. The third-order valence-corrected chi connectivity index (χ3v) is 3.41. The molecule has 0 fully saturated rings. The van der Waals surface area contributed by atoms with E-state index in [2.05, 4.69) is 48.5 Å². The molecule has 0 saturated carbocycles. The van der Waals surface area contributed by atoms with Gasteiger partial charge in [-0.3, -0.25) is 0 Å². The first-order valence-corrected chi connectivity index (χ1v) is 7.26. The molecule has 0 aliphatic heterocycles. The van der Waals surface area contributed by atoms with Crippen molar-refractivity contribution in [1.82, 2.24) is 5.32 Å². The summed E-state index contributed by atoms with van der Waals surface area (Å²) in [6.07, 6.45) is 6.30. The lowest BCUT2D eigenvalue weighted by Gasteiger charge is -2.12. The molecule has 0 aliphatic rings. The highest BCUT2D eigenvalue weighted by Crippen LogP contribution is 2.18. The van der Waals surface area contributed by atoms with Crippen LogP contribution in [0.15, 0.2) is 48.5 Å². The van der Waals surface area contributed by atoms with Crippen molar-refractivity contribution in [2.75, 3.05) is 6.61 Å². The van der Waals surface area contributed by atoms with E-state index in [0.717, 1.165) is 30.8 Å². The number of nitrogens with one attached hydrogen (secondary N) is 1. The minimum Gasteiger partial charge on any atom is -0.481 e. The van der Waals surface area contributed by atoms with Gasteiger partial charge < -0.3 is 10.1 Å². The number of para-hydroxylation sites is 1. The van der Waals surface area contributed by atoms with Crippen molar-refractivity contribution in [1.29, 1.82) is 0 Å². The molecule has 2 rings (SSSR count). The lowest BCUT2D eigenvalue weighted by Crippen LogP contribution is -2.14. The summed E-state index contributed by atoms with van der Waals surface area (Å²) in [5.74, 6) is 3.35. The van der Waals surface area contributed by atoms with Crippen LogP contribution in [0.2, 0.25) is 0 Å². The third kappa shape index (κ3) is 4.37. The number of hydrogen-bond acceptors (Lipinski definition) is 2. The van der Waals surface area contributed by atoms with Crippen LogP contribution in [-0.2, 0) is 19.5 Å². The fourth-order valence-electron chi connectivity index (χ4n) is 2.32. The summed E-state index contributed by atoms with van der Waals surface area (Å²) < 4.78 is 5.56. The summed E-state index contributed by atoms with van der Waals surface area (Å²) in [6, 6.07) is 16.5. The summed E-state index contributed by atoms with van der Waals surface area (Å²) >= 11 is 0. The Labute approximate surface area is 127 Å².